The van der Waals surface area contributed by atoms with E-state index < -0.39 is 17.5 Å². The summed E-state index contributed by atoms with van der Waals surface area (Å²) in [5.41, 5.74) is -0.292. The first-order valence-corrected chi connectivity index (χ1v) is 5.48. The minimum Gasteiger partial charge on any atom is -0.492 e. The van der Waals surface area contributed by atoms with E-state index in [1.54, 1.807) is 45.0 Å². The molecule has 0 amide bonds. The van der Waals surface area contributed by atoms with Crippen LogP contribution < -0.4 is 4.74 Å². The summed E-state index contributed by atoms with van der Waals surface area (Å²) in [5, 5.41) is 18.5. The highest BCUT2D eigenvalue weighted by molar-refractivity contribution is 5.73. The van der Waals surface area contributed by atoms with Crippen molar-refractivity contribution < 1.29 is 19.7 Å². The second-order valence-electron chi connectivity index (χ2n) is 4.69. The third-order valence-corrected chi connectivity index (χ3v) is 2.54. The highest BCUT2D eigenvalue weighted by Crippen LogP contribution is 2.26. The van der Waals surface area contributed by atoms with Gasteiger partial charge in [0.25, 0.3) is 0 Å². The first-order chi connectivity index (χ1) is 7.84. The van der Waals surface area contributed by atoms with Crippen LogP contribution in [0.1, 0.15) is 32.4 Å². The average molecular weight is 238 g/mol. The van der Waals surface area contributed by atoms with Crippen molar-refractivity contribution in [1.29, 1.82) is 0 Å². The molecule has 0 aliphatic heterocycles. The van der Waals surface area contributed by atoms with Gasteiger partial charge < -0.3 is 14.9 Å². The van der Waals surface area contributed by atoms with Gasteiger partial charge in [-0.05, 0) is 26.8 Å². The maximum absolute atomic E-state index is 10.9. The molecule has 1 atom stereocenters. The number of para-hydroxylation sites is 1. The molecule has 0 aliphatic rings. The van der Waals surface area contributed by atoms with Gasteiger partial charge in [-0.2, -0.15) is 0 Å². The third-order valence-electron chi connectivity index (χ3n) is 2.54. The quantitative estimate of drug-likeness (QED) is 0.825. The maximum Gasteiger partial charge on any atom is 0.312 e. The molecule has 0 saturated carbocycles. The molecule has 1 rings (SSSR count). The minimum absolute atomic E-state index is 0.0616. The van der Waals surface area contributed by atoms with Gasteiger partial charge in [0.1, 0.15) is 12.4 Å². The molecular weight excluding hydrogens is 220 g/mol. The SMILES string of the molecule is C[C@@H](O)c1ccccc1OCC(C)(C)C(=O)O. The van der Waals surface area contributed by atoms with Crippen molar-refractivity contribution in [3.63, 3.8) is 0 Å². The summed E-state index contributed by atoms with van der Waals surface area (Å²) in [4.78, 5) is 10.9. The van der Waals surface area contributed by atoms with E-state index in [1.165, 1.54) is 0 Å². The molecule has 94 valence electrons. The lowest BCUT2D eigenvalue weighted by Crippen LogP contribution is -2.30. The first-order valence-electron chi connectivity index (χ1n) is 5.48. The molecule has 0 radical (unpaired) electrons. The van der Waals surface area contributed by atoms with Crippen LogP contribution in [0.2, 0.25) is 0 Å². The number of carboxylic acids is 1. The molecule has 0 heterocycles. The van der Waals surface area contributed by atoms with Crippen LogP contribution in [0.5, 0.6) is 5.75 Å². The number of carboxylic acid groups (broad SMARTS) is 1. The molecule has 0 spiro atoms. The Bertz CT molecular complexity index is 396. The molecule has 0 fully saturated rings. The number of ether oxygens (including phenoxy) is 1. The van der Waals surface area contributed by atoms with E-state index >= 15 is 0 Å². The third kappa shape index (κ3) is 3.46. The molecular formula is C13H18O4. The summed E-state index contributed by atoms with van der Waals surface area (Å²) in [6, 6.07) is 7.07. The fraction of sp³-hybridized carbons (Fsp3) is 0.462. The van der Waals surface area contributed by atoms with Crippen LogP contribution in [0, 0.1) is 5.41 Å². The van der Waals surface area contributed by atoms with Crippen LogP contribution in [0.25, 0.3) is 0 Å². The summed E-state index contributed by atoms with van der Waals surface area (Å²) in [5.74, 6) is -0.385. The van der Waals surface area contributed by atoms with Crippen molar-refractivity contribution in [2.75, 3.05) is 6.61 Å². The first kappa shape index (κ1) is 13.5. The molecule has 2 N–H and O–H groups in total. The summed E-state index contributed by atoms with van der Waals surface area (Å²) < 4.78 is 5.48. The number of aliphatic hydroxyl groups is 1. The Balaban J connectivity index is 2.79. The van der Waals surface area contributed by atoms with Crippen molar-refractivity contribution in [1.82, 2.24) is 0 Å². The van der Waals surface area contributed by atoms with Crippen molar-refractivity contribution >= 4 is 5.97 Å². The normalized spacial score (nSPS) is 13.2. The molecule has 0 aromatic heterocycles. The van der Waals surface area contributed by atoms with Gasteiger partial charge in [0.05, 0.1) is 11.5 Å². The van der Waals surface area contributed by atoms with E-state index in [9.17, 15) is 9.90 Å². The fourth-order valence-electron chi connectivity index (χ4n) is 1.28. The Kier molecular flexibility index (Phi) is 4.12. The maximum atomic E-state index is 10.9. The largest absolute Gasteiger partial charge is 0.492 e. The van der Waals surface area contributed by atoms with Gasteiger partial charge in [-0.25, -0.2) is 0 Å². The van der Waals surface area contributed by atoms with Gasteiger partial charge in [-0.15, -0.1) is 0 Å². The minimum atomic E-state index is -0.953. The Morgan fingerprint density at radius 1 is 1.41 bits per heavy atom. The molecule has 0 saturated heterocycles. The van der Waals surface area contributed by atoms with Crippen LogP contribution in [-0.2, 0) is 4.79 Å². The number of rotatable bonds is 5. The van der Waals surface area contributed by atoms with Gasteiger partial charge in [-0.3, -0.25) is 4.79 Å². The van der Waals surface area contributed by atoms with Gasteiger partial charge in [0.15, 0.2) is 0 Å². The van der Waals surface area contributed by atoms with Crippen molar-refractivity contribution in [3.8, 4) is 5.75 Å². The lowest BCUT2D eigenvalue weighted by Gasteiger charge is -2.21. The predicted molar refractivity (Wildman–Crippen MR) is 64.0 cm³/mol. The van der Waals surface area contributed by atoms with Gasteiger partial charge in [0, 0.05) is 5.56 Å². The lowest BCUT2D eigenvalue weighted by atomic mass is 9.95. The highest BCUT2D eigenvalue weighted by atomic mass is 16.5. The number of hydrogen-bond donors (Lipinski definition) is 2. The molecule has 0 unspecified atom stereocenters. The van der Waals surface area contributed by atoms with E-state index in [1.807, 2.05) is 0 Å². The van der Waals surface area contributed by atoms with Crippen LogP contribution in [0.4, 0.5) is 0 Å². The van der Waals surface area contributed by atoms with Crippen molar-refractivity contribution in [3.05, 3.63) is 29.8 Å². The van der Waals surface area contributed by atoms with Gasteiger partial charge in [-0.1, -0.05) is 18.2 Å². The zero-order chi connectivity index (χ0) is 13.1. The second-order valence-corrected chi connectivity index (χ2v) is 4.69. The van der Waals surface area contributed by atoms with E-state index in [-0.39, 0.29) is 6.61 Å². The number of benzene rings is 1. The summed E-state index contributed by atoms with van der Waals surface area (Å²) >= 11 is 0. The molecule has 4 nitrogen and oxygen atoms in total. The molecule has 0 aliphatic carbocycles. The molecule has 17 heavy (non-hydrogen) atoms. The lowest BCUT2D eigenvalue weighted by molar-refractivity contribution is -0.148. The van der Waals surface area contributed by atoms with Crippen molar-refractivity contribution in [2.24, 2.45) is 5.41 Å². The Morgan fingerprint density at radius 2 is 2.00 bits per heavy atom. The number of aliphatic hydroxyl groups excluding tert-OH is 1. The van der Waals surface area contributed by atoms with Crippen LogP contribution >= 0.6 is 0 Å². The van der Waals surface area contributed by atoms with E-state index in [0.717, 1.165) is 0 Å². The topological polar surface area (TPSA) is 66.8 Å². The van der Waals surface area contributed by atoms with Gasteiger partial charge in [0.2, 0.25) is 0 Å². The Labute approximate surface area is 101 Å². The summed E-state index contributed by atoms with van der Waals surface area (Å²) in [7, 11) is 0. The zero-order valence-electron chi connectivity index (χ0n) is 10.3. The average Bonchev–Trinajstić information content (AvgIpc) is 2.26. The summed E-state index contributed by atoms with van der Waals surface area (Å²) in [6.45, 7) is 4.90. The molecule has 1 aromatic carbocycles. The molecule has 1 aromatic rings. The van der Waals surface area contributed by atoms with E-state index in [2.05, 4.69) is 0 Å². The molecule has 0 bridgehead atoms. The Hall–Kier alpha value is -1.55. The van der Waals surface area contributed by atoms with E-state index in [0.29, 0.717) is 11.3 Å². The Morgan fingerprint density at radius 3 is 2.53 bits per heavy atom. The summed E-state index contributed by atoms with van der Waals surface area (Å²) in [6.07, 6.45) is -0.640. The number of aliphatic carboxylic acids is 1. The standard InChI is InChI=1S/C13H18O4/c1-9(14)10-6-4-5-7-11(10)17-8-13(2,3)12(15)16/h4-7,9,14H,8H2,1-3H3,(H,15,16)/t9-/m1/s1. The highest BCUT2D eigenvalue weighted by Gasteiger charge is 2.28. The van der Waals surface area contributed by atoms with Gasteiger partial charge >= 0.3 is 5.97 Å². The van der Waals surface area contributed by atoms with Crippen LogP contribution in [0.3, 0.4) is 0 Å². The smallest absolute Gasteiger partial charge is 0.312 e. The van der Waals surface area contributed by atoms with Crippen LogP contribution in [-0.4, -0.2) is 22.8 Å². The zero-order valence-corrected chi connectivity index (χ0v) is 10.3. The molecule has 4 heteroatoms. The number of hydrogen-bond acceptors (Lipinski definition) is 3. The predicted octanol–water partition coefficient (Wildman–Crippen LogP) is 2.23. The number of carbonyl (C=O) groups is 1. The monoisotopic (exact) mass is 238 g/mol. The van der Waals surface area contributed by atoms with E-state index in [4.69, 9.17) is 9.84 Å². The second kappa shape index (κ2) is 5.19. The fourth-order valence-corrected chi connectivity index (χ4v) is 1.28. The van der Waals surface area contributed by atoms with Crippen molar-refractivity contribution in [2.45, 2.75) is 26.9 Å². The van der Waals surface area contributed by atoms with Crippen LogP contribution in [0.15, 0.2) is 24.3 Å².